The van der Waals surface area contributed by atoms with Crippen molar-refractivity contribution in [3.63, 3.8) is 0 Å². The van der Waals surface area contributed by atoms with E-state index in [0.29, 0.717) is 17.4 Å². The van der Waals surface area contributed by atoms with Gasteiger partial charge in [-0.1, -0.05) is 30.4 Å². The largest absolute Gasteiger partial charge is 0.354 e. The van der Waals surface area contributed by atoms with E-state index in [1.807, 2.05) is 28.8 Å². The van der Waals surface area contributed by atoms with Crippen molar-refractivity contribution < 1.29 is 9.59 Å². The van der Waals surface area contributed by atoms with Gasteiger partial charge in [0.25, 0.3) is 0 Å². The number of hydrogen-bond donors (Lipinski definition) is 1. The number of rotatable bonds is 5. The minimum Gasteiger partial charge on any atom is -0.354 e. The normalized spacial score (nSPS) is 24.6. The minimum absolute atomic E-state index is 0.0117. The van der Waals surface area contributed by atoms with Crippen molar-refractivity contribution in [2.75, 3.05) is 6.54 Å². The summed E-state index contributed by atoms with van der Waals surface area (Å²) < 4.78 is 1.88. The first-order valence-corrected chi connectivity index (χ1v) is 8.65. The second kappa shape index (κ2) is 5.93. The van der Waals surface area contributed by atoms with E-state index in [1.165, 1.54) is 12.8 Å². The molecule has 1 heterocycles. The molecule has 2 aliphatic carbocycles. The topological polar surface area (TPSA) is 51.1 Å². The zero-order chi connectivity index (χ0) is 16.7. The smallest absolute Gasteiger partial charge is 0.239 e. The Morgan fingerprint density at radius 3 is 2.75 bits per heavy atom. The molecule has 124 valence electrons. The third-order valence-corrected chi connectivity index (χ3v) is 5.46. The summed E-state index contributed by atoms with van der Waals surface area (Å²) in [5, 5.41) is 4.00. The van der Waals surface area contributed by atoms with Crippen molar-refractivity contribution in [2.24, 2.45) is 17.8 Å². The zero-order valence-electron chi connectivity index (χ0n) is 13.9. The van der Waals surface area contributed by atoms with Crippen LogP contribution < -0.4 is 5.32 Å². The lowest BCUT2D eigenvalue weighted by Gasteiger charge is -2.18. The molecule has 3 atom stereocenters. The van der Waals surface area contributed by atoms with Crippen molar-refractivity contribution >= 4 is 22.6 Å². The molecule has 1 N–H and O–H groups in total. The molecule has 1 amide bonds. The summed E-state index contributed by atoms with van der Waals surface area (Å²) in [7, 11) is 0. The van der Waals surface area contributed by atoms with Crippen LogP contribution in [-0.2, 0) is 11.3 Å². The highest BCUT2D eigenvalue weighted by molar-refractivity contribution is 6.07. The summed E-state index contributed by atoms with van der Waals surface area (Å²) in [6, 6.07) is 7.74. The van der Waals surface area contributed by atoms with Gasteiger partial charge in [0, 0.05) is 29.2 Å². The Morgan fingerprint density at radius 1 is 1.21 bits per heavy atom. The molecule has 0 saturated heterocycles. The quantitative estimate of drug-likeness (QED) is 0.679. The number of amides is 1. The number of para-hydroxylation sites is 1. The zero-order valence-corrected chi connectivity index (χ0v) is 13.9. The number of benzene rings is 1. The molecule has 2 bridgehead atoms. The molecule has 2 aromatic rings. The molecule has 1 aromatic carbocycles. The average molecular weight is 322 g/mol. The van der Waals surface area contributed by atoms with Gasteiger partial charge in [-0.25, -0.2) is 0 Å². The number of fused-ring (bicyclic) bond motifs is 3. The van der Waals surface area contributed by atoms with Crippen LogP contribution in [0.3, 0.4) is 0 Å². The lowest BCUT2D eigenvalue weighted by Crippen LogP contribution is -2.33. The van der Waals surface area contributed by atoms with Crippen molar-refractivity contribution in [1.82, 2.24) is 9.88 Å². The summed E-state index contributed by atoms with van der Waals surface area (Å²) in [6.07, 6.45) is 8.88. The predicted octanol–water partition coefficient (Wildman–Crippen LogP) is 3.17. The fraction of sp³-hybridized carbons (Fsp3) is 0.400. The van der Waals surface area contributed by atoms with Crippen molar-refractivity contribution in [1.29, 1.82) is 0 Å². The van der Waals surface area contributed by atoms with E-state index >= 15 is 0 Å². The SMILES string of the molecule is CC(=O)c1cn(CC(=O)NC[C@H]2C[C@@H]3C=C[C@H]2C3)c2ccccc12. The maximum Gasteiger partial charge on any atom is 0.239 e. The number of ketones is 1. The first-order valence-electron chi connectivity index (χ1n) is 8.65. The van der Waals surface area contributed by atoms with E-state index < -0.39 is 0 Å². The van der Waals surface area contributed by atoms with Crippen molar-refractivity contribution in [3.05, 3.63) is 48.2 Å². The molecule has 2 aliphatic rings. The van der Waals surface area contributed by atoms with Crippen molar-refractivity contribution in [3.8, 4) is 0 Å². The summed E-state index contributed by atoms with van der Waals surface area (Å²) in [6.45, 7) is 2.57. The Hall–Kier alpha value is -2.36. The van der Waals surface area contributed by atoms with Crippen LogP contribution in [0.2, 0.25) is 0 Å². The lowest BCUT2D eigenvalue weighted by atomic mass is 9.94. The molecule has 4 rings (SSSR count). The molecule has 4 nitrogen and oxygen atoms in total. The Bertz CT molecular complexity index is 833. The highest BCUT2D eigenvalue weighted by Crippen LogP contribution is 2.42. The van der Waals surface area contributed by atoms with Crippen LogP contribution in [0.4, 0.5) is 0 Å². The molecule has 0 aliphatic heterocycles. The number of allylic oxidation sites excluding steroid dienone is 2. The third-order valence-electron chi connectivity index (χ3n) is 5.46. The fourth-order valence-corrected chi connectivity index (χ4v) is 4.24. The first kappa shape index (κ1) is 15.2. The number of nitrogens with one attached hydrogen (secondary N) is 1. The second-order valence-electron chi connectivity index (χ2n) is 7.09. The van der Waals surface area contributed by atoms with Gasteiger partial charge in [0.15, 0.2) is 5.78 Å². The van der Waals surface area contributed by atoms with Crippen LogP contribution in [0.25, 0.3) is 10.9 Å². The molecule has 0 radical (unpaired) electrons. The summed E-state index contributed by atoms with van der Waals surface area (Å²) >= 11 is 0. The van der Waals surface area contributed by atoms with Crippen LogP contribution in [0, 0.1) is 17.8 Å². The first-order chi connectivity index (χ1) is 11.6. The number of hydrogen-bond acceptors (Lipinski definition) is 2. The maximum atomic E-state index is 12.4. The van der Waals surface area contributed by atoms with E-state index in [-0.39, 0.29) is 18.2 Å². The van der Waals surface area contributed by atoms with E-state index in [0.717, 1.165) is 23.4 Å². The predicted molar refractivity (Wildman–Crippen MR) is 93.8 cm³/mol. The number of aromatic nitrogens is 1. The van der Waals surface area contributed by atoms with Crippen LogP contribution in [0.5, 0.6) is 0 Å². The highest BCUT2D eigenvalue weighted by atomic mass is 16.2. The Kier molecular flexibility index (Phi) is 3.75. The second-order valence-corrected chi connectivity index (χ2v) is 7.09. The minimum atomic E-state index is 0.0117. The lowest BCUT2D eigenvalue weighted by molar-refractivity contribution is -0.121. The molecule has 24 heavy (non-hydrogen) atoms. The van der Waals surface area contributed by atoms with E-state index in [1.54, 1.807) is 13.1 Å². The molecular weight excluding hydrogens is 300 g/mol. The molecule has 1 aromatic heterocycles. The third kappa shape index (κ3) is 2.66. The van der Waals surface area contributed by atoms with E-state index in [2.05, 4.69) is 17.5 Å². The van der Waals surface area contributed by atoms with Gasteiger partial charge in [0.1, 0.15) is 6.54 Å². The molecule has 1 saturated carbocycles. The average Bonchev–Trinajstić information content (AvgIpc) is 3.27. The van der Waals surface area contributed by atoms with Gasteiger partial charge in [-0.2, -0.15) is 0 Å². The van der Waals surface area contributed by atoms with Crippen molar-refractivity contribution in [2.45, 2.75) is 26.3 Å². The molecule has 0 spiro atoms. The van der Waals surface area contributed by atoms with Gasteiger partial charge in [0.05, 0.1) is 0 Å². The standard InChI is InChI=1S/C20H22N2O2/c1-13(23)18-11-22(19-5-3-2-4-17(18)19)12-20(24)21-10-16-9-14-6-7-15(16)8-14/h2-7,11,14-16H,8-10,12H2,1H3,(H,21,24)/t14-,15+,16-/m1/s1. The molecule has 1 fully saturated rings. The Morgan fingerprint density at radius 2 is 2.04 bits per heavy atom. The van der Waals surface area contributed by atoms with Gasteiger partial charge in [0.2, 0.25) is 5.91 Å². The number of carbonyl (C=O) groups excluding carboxylic acids is 2. The van der Waals surface area contributed by atoms with Gasteiger partial charge >= 0.3 is 0 Å². The van der Waals surface area contributed by atoms with Crippen LogP contribution in [-0.4, -0.2) is 22.8 Å². The van der Waals surface area contributed by atoms with Crippen LogP contribution >= 0.6 is 0 Å². The van der Waals surface area contributed by atoms with Gasteiger partial charge < -0.3 is 9.88 Å². The highest BCUT2D eigenvalue weighted by Gasteiger charge is 2.35. The molecular formula is C20H22N2O2. The summed E-state index contributed by atoms with van der Waals surface area (Å²) in [5.41, 5.74) is 1.61. The maximum absolute atomic E-state index is 12.4. The van der Waals surface area contributed by atoms with E-state index in [4.69, 9.17) is 0 Å². The summed E-state index contributed by atoms with van der Waals surface area (Å²) in [5.74, 6) is 1.99. The Labute approximate surface area is 141 Å². The number of nitrogens with zero attached hydrogens (tertiary/aromatic N) is 1. The molecule has 0 unspecified atom stereocenters. The molecule has 4 heteroatoms. The van der Waals surface area contributed by atoms with E-state index in [9.17, 15) is 9.59 Å². The summed E-state index contributed by atoms with van der Waals surface area (Å²) in [4.78, 5) is 24.2. The number of carbonyl (C=O) groups is 2. The number of Topliss-reactive ketones (excluding diaryl/α,β-unsaturated/α-hetero) is 1. The monoisotopic (exact) mass is 322 g/mol. The van der Waals surface area contributed by atoms with Crippen LogP contribution in [0.15, 0.2) is 42.6 Å². The van der Waals surface area contributed by atoms with Gasteiger partial charge in [-0.05, 0) is 43.6 Å². The Balaban J connectivity index is 1.45. The fourth-order valence-electron chi connectivity index (χ4n) is 4.24. The van der Waals surface area contributed by atoms with Gasteiger partial charge in [-0.15, -0.1) is 0 Å². The van der Waals surface area contributed by atoms with Gasteiger partial charge in [-0.3, -0.25) is 9.59 Å². The van der Waals surface area contributed by atoms with Crippen LogP contribution in [0.1, 0.15) is 30.1 Å².